The van der Waals surface area contributed by atoms with E-state index in [1.165, 1.54) is 0 Å². The van der Waals surface area contributed by atoms with Crippen molar-refractivity contribution in [2.45, 2.75) is 13.8 Å². The number of aromatic nitrogens is 6. The SMILES string of the molecule is Cc1ccnc(OCC(=O)N2CCN(c3cc(-n4ccnc4)nc(C)n3)CC2)n1. The van der Waals surface area contributed by atoms with Crippen LogP contribution >= 0.6 is 0 Å². The third-order valence-electron chi connectivity index (χ3n) is 4.63. The molecule has 0 aromatic carbocycles. The zero-order valence-corrected chi connectivity index (χ0v) is 16.4. The summed E-state index contributed by atoms with van der Waals surface area (Å²) in [6.07, 6.45) is 6.88. The largest absolute Gasteiger partial charge is 0.453 e. The highest BCUT2D eigenvalue weighted by molar-refractivity contribution is 5.78. The lowest BCUT2D eigenvalue weighted by Gasteiger charge is -2.35. The molecule has 1 saturated heterocycles. The lowest BCUT2D eigenvalue weighted by Crippen LogP contribution is -2.50. The van der Waals surface area contributed by atoms with E-state index in [0.717, 1.165) is 17.3 Å². The lowest BCUT2D eigenvalue weighted by atomic mass is 10.3. The van der Waals surface area contributed by atoms with Crippen LogP contribution in [0.25, 0.3) is 5.82 Å². The summed E-state index contributed by atoms with van der Waals surface area (Å²) in [7, 11) is 0. The Labute approximate surface area is 168 Å². The Bertz CT molecular complexity index is 984. The first-order valence-corrected chi connectivity index (χ1v) is 9.38. The highest BCUT2D eigenvalue weighted by Gasteiger charge is 2.23. The molecular formula is C19H22N8O2. The van der Waals surface area contributed by atoms with Gasteiger partial charge in [-0.2, -0.15) is 0 Å². The van der Waals surface area contributed by atoms with E-state index < -0.39 is 0 Å². The number of hydrogen-bond donors (Lipinski definition) is 0. The average molecular weight is 394 g/mol. The van der Waals surface area contributed by atoms with Gasteiger partial charge in [-0.25, -0.2) is 24.9 Å². The van der Waals surface area contributed by atoms with Crippen LogP contribution in [-0.4, -0.2) is 73.1 Å². The molecule has 1 amide bonds. The van der Waals surface area contributed by atoms with Crippen molar-refractivity contribution < 1.29 is 9.53 Å². The minimum absolute atomic E-state index is 0.0686. The summed E-state index contributed by atoms with van der Waals surface area (Å²) in [6, 6.07) is 3.94. The highest BCUT2D eigenvalue weighted by Crippen LogP contribution is 2.17. The van der Waals surface area contributed by atoms with Crippen LogP contribution < -0.4 is 9.64 Å². The summed E-state index contributed by atoms with van der Waals surface area (Å²) in [5.41, 5.74) is 0.797. The highest BCUT2D eigenvalue weighted by atomic mass is 16.5. The van der Waals surface area contributed by atoms with Crippen LogP contribution in [0.3, 0.4) is 0 Å². The molecule has 3 aromatic heterocycles. The second kappa shape index (κ2) is 8.21. The molecule has 0 radical (unpaired) electrons. The third-order valence-corrected chi connectivity index (χ3v) is 4.63. The van der Waals surface area contributed by atoms with Gasteiger partial charge in [0.25, 0.3) is 5.91 Å². The molecule has 0 spiro atoms. The number of rotatable bonds is 5. The fraction of sp³-hybridized carbons (Fsp3) is 0.368. The van der Waals surface area contributed by atoms with Crippen molar-refractivity contribution in [2.75, 3.05) is 37.7 Å². The molecule has 0 saturated carbocycles. The van der Waals surface area contributed by atoms with E-state index in [0.29, 0.717) is 32.0 Å². The standard InChI is InChI=1S/C19H22N8O2/c1-14-3-4-21-19(22-14)29-12-18(28)26-9-7-25(8-10-26)16-11-17(24-15(2)23-16)27-6-5-20-13-27/h3-6,11,13H,7-10,12H2,1-2H3. The van der Waals surface area contributed by atoms with Crippen LogP contribution in [0.2, 0.25) is 0 Å². The van der Waals surface area contributed by atoms with E-state index in [9.17, 15) is 4.79 Å². The van der Waals surface area contributed by atoms with Gasteiger partial charge in [0, 0.05) is 56.5 Å². The van der Waals surface area contributed by atoms with Gasteiger partial charge in [0.15, 0.2) is 6.61 Å². The Hall–Kier alpha value is -3.56. The number of nitrogens with zero attached hydrogens (tertiary/aromatic N) is 8. The topological polar surface area (TPSA) is 102 Å². The fourth-order valence-corrected chi connectivity index (χ4v) is 3.12. The molecule has 0 N–H and O–H groups in total. The summed E-state index contributed by atoms with van der Waals surface area (Å²) >= 11 is 0. The normalized spacial score (nSPS) is 14.1. The van der Waals surface area contributed by atoms with Gasteiger partial charge in [-0.05, 0) is 19.9 Å². The molecule has 10 nitrogen and oxygen atoms in total. The van der Waals surface area contributed by atoms with Gasteiger partial charge in [0.2, 0.25) is 0 Å². The number of piperazine rings is 1. The number of imidazole rings is 1. The molecule has 1 aliphatic rings. The monoisotopic (exact) mass is 394 g/mol. The molecule has 1 aliphatic heterocycles. The molecule has 3 aromatic rings. The zero-order chi connectivity index (χ0) is 20.2. The van der Waals surface area contributed by atoms with Gasteiger partial charge < -0.3 is 14.5 Å². The molecule has 150 valence electrons. The number of aryl methyl sites for hydroxylation is 2. The third kappa shape index (κ3) is 4.48. The van der Waals surface area contributed by atoms with Crippen LogP contribution in [0.1, 0.15) is 11.5 Å². The molecule has 0 bridgehead atoms. The zero-order valence-electron chi connectivity index (χ0n) is 16.4. The predicted molar refractivity (Wildman–Crippen MR) is 105 cm³/mol. The lowest BCUT2D eigenvalue weighted by molar-refractivity contribution is -0.133. The second-order valence-electron chi connectivity index (χ2n) is 6.74. The van der Waals surface area contributed by atoms with E-state index in [1.54, 1.807) is 29.7 Å². The van der Waals surface area contributed by atoms with Crippen LogP contribution in [0, 0.1) is 13.8 Å². The summed E-state index contributed by atoms with van der Waals surface area (Å²) in [5.74, 6) is 2.23. The van der Waals surface area contributed by atoms with Crippen molar-refractivity contribution >= 4 is 11.7 Å². The second-order valence-corrected chi connectivity index (χ2v) is 6.74. The number of carbonyl (C=O) groups is 1. The molecule has 4 heterocycles. The predicted octanol–water partition coefficient (Wildman–Crippen LogP) is 0.797. The van der Waals surface area contributed by atoms with Gasteiger partial charge in [0.1, 0.15) is 23.8 Å². The van der Waals surface area contributed by atoms with E-state index in [-0.39, 0.29) is 18.5 Å². The minimum Gasteiger partial charge on any atom is -0.453 e. The first-order valence-electron chi connectivity index (χ1n) is 9.38. The van der Waals surface area contributed by atoms with Crippen LogP contribution in [0.4, 0.5) is 5.82 Å². The maximum atomic E-state index is 12.5. The van der Waals surface area contributed by atoms with Crippen LogP contribution in [0.15, 0.2) is 37.1 Å². The van der Waals surface area contributed by atoms with Crippen molar-refractivity contribution in [3.63, 3.8) is 0 Å². The summed E-state index contributed by atoms with van der Waals surface area (Å²) in [4.78, 5) is 37.7. The quantitative estimate of drug-likeness (QED) is 0.626. The van der Waals surface area contributed by atoms with Crippen molar-refractivity contribution in [3.05, 3.63) is 48.6 Å². The van der Waals surface area contributed by atoms with E-state index in [1.807, 2.05) is 30.7 Å². The van der Waals surface area contributed by atoms with Crippen molar-refractivity contribution in [1.82, 2.24) is 34.4 Å². The Morgan fingerprint density at radius 3 is 2.59 bits per heavy atom. The molecule has 10 heteroatoms. The van der Waals surface area contributed by atoms with Crippen molar-refractivity contribution in [1.29, 1.82) is 0 Å². The summed E-state index contributed by atoms with van der Waals surface area (Å²) < 4.78 is 7.28. The molecule has 0 unspecified atom stereocenters. The first-order chi connectivity index (χ1) is 14.1. The number of hydrogen-bond acceptors (Lipinski definition) is 8. The van der Waals surface area contributed by atoms with Crippen molar-refractivity contribution in [2.24, 2.45) is 0 Å². The number of ether oxygens (including phenoxy) is 1. The molecule has 0 atom stereocenters. The summed E-state index contributed by atoms with van der Waals surface area (Å²) in [6.45, 7) is 6.22. The van der Waals surface area contributed by atoms with Crippen molar-refractivity contribution in [3.8, 4) is 11.8 Å². The molecule has 1 fully saturated rings. The molecule has 4 rings (SSSR count). The number of amides is 1. The average Bonchev–Trinajstić information content (AvgIpc) is 3.27. The maximum absolute atomic E-state index is 12.5. The Morgan fingerprint density at radius 1 is 1.07 bits per heavy atom. The van der Waals surface area contributed by atoms with Gasteiger partial charge in [-0.3, -0.25) is 9.36 Å². The van der Waals surface area contributed by atoms with E-state index in [4.69, 9.17) is 4.74 Å². The van der Waals surface area contributed by atoms with E-state index in [2.05, 4.69) is 29.8 Å². The number of anilines is 1. The Balaban J connectivity index is 1.35. The first kappa shape index (κ1) is 18.8. The van der Waals surface area contributed by atoms with Gasteiger partial charge in [0.05, 0.1) is 0 Å². The maximum Gasteiger partial charge on any atom is 0.317 e. The van der Waals surface area contributed by atoms with Crippen LogP contribution in [-0.2, 0) is 4.79 Å². The smallest absolute Gasteiger partial charge is 0.317 e. The fourth-order valence-electron chi connectivity index (χ4n) is 3.12. The molecule has 29 heavy (non-hydrogen) atoms. The summed E-state index contributed by atoms with van der Waals surface area (Å²) in [5, 5.41) is 0. The number of carbonyl (C=O) groups excluding carboxylic acids is 1. The van der Waals surface area contributed by atoms with Gasteiger partial charge >= 0.3 is 6.01 Å². The molecular weight excluding hydrogens is 372 g/mol. The van der Waals surface area contributed by atoms with Gasteiger partial charge in [-0.15, -0.1) is 0 Å². The Morgan fingerprint density at radius 2 is 1.86 bits per heavy atom. The minimum atomic E-state index is -0.0762. The van der Waals surface area contributed by atoms with Gasteiger partial charge in [-0.1, -0.05) is 0 Å². The Kier molecular flexibility index (Phi) is 5.32. The molecule has 0 aliphatic carbocycles. The van der Waals surface area contributed by atoms with Crippen LogP contribution in [0.5, 0.6) is 6.01 Å². The van der Waals surface area contributed by atoms with E-state index >= 15 is 0 Å².